The number of nitrogens with two attached hydrogens (primary N) is 2. The Labute approximate surface area is 299 Å². The van der Waals surface area contributed by atoms with Crippen LogP contribution >= 0.6 is 0 Å². The van der Waals surface area contributed by atoms with Gasteiger partial charge in [-0.1, -0.05) is 26.2 Å². The van der Waals surface area contributed by atoms with Crippen molar-refractivity contribution in [2.45, 2.75) is 190 Å². The smallest absolute Gasteiger partial charge is 0.341 e. The van der Waals surface area contributed by atoms with Crippen molar-refractivity contribution in [3.8, 4) is 0 Å². The number of quaternary nitrogens is 1. The second kappa shape index (κ2) is 15.3. The number of unbranched alkanes of at least 4 members (excludes halogenated alkanes) is 2. The summed E-state index contributed by atoms with van der Waals surface area (Å²) in [7, 11) is 0. The van der Waals surface area contributed by atoms with Crippen LogP contribution in [0, 0.1) is 29.6 Å². The number of epoxide rings is 1. The standard InChI is InChI=1S/C39H66N4O7/c1-5-6-9-15-41-32-20-24(13-16-42-32)26-18-23(19-31(40)43-26)11-12-30-39(50-30)14-8-7-10-25-33-29(49-38(3,4)36(25)48-37(39)46)21-28-34(35(33)45)27(44)17-22(2)47-28/h22-26,28-36,41-43,45H,5-21,40H2,1-4H3/p+1/t22?,23?,24?,25-,26?,28?,29?,30+,31?,32?,33?,34?,35?,36-,39+/m1/s1. The summed E-state index contributed by atoms with van der Waals surface area (Å²) in [5, 5.41) is 21.8. The van der Waals surface area contributed by atoms with Gasteiger partial charge in [0.1, 0.15) is 23.7 Å². The lowest BCUT2D eigenvalue weighted by Crippen LogP contribution is -2.95. The molecule has 0 aromatic heterocycles. The van der Waals surface area contributed by atoms with E-state index in [1.807, 2.05) is 20.8 Å². The number of carbonyl (C=O) groups is 2. The Kier molecular flexibility index (Phi) is 11.4. The van der Waals surface area contributed by atoms with Crippen LogP contribution in [-0.2, 0) is 28.5 Å². The molecular formula is C39H67N4O7+. The third-order valence-corrected chi connectivity index (χ3v) is 13.8. The molecule has 0 aromatic rings. The predicted octanol–water partition coefficient (Wildman–Crippen LogP) is 2.66. The van der Waals surface area contributed by atoms with E-state index in [4.69, 9.17) is 24.7 Å². The van der Waals surface area contributed by atoms with Gasteiger partial charge in [0.25, 0.3) is 0 Å². The van der Waals surface area contributed by atoms with E-state index in [1.54, 1.807) is 0 Å². The molecule has 6 aliphatic heterocycles. The van der Waals surface area contributed by atoms with Gasteiger partial charge in [-0.2, -0.15) is 0 Å². The van der Waals surface area contributed by atoms with Crippen molar-refractivity contribution in [3.05, 3.63) is 0 Å². The zero-order chi connectivity index (χ0) is 35.2. The van der Waals surface area contributed by atoms with Crippen LogP contribution in [0.25, 0.3) is 0 Å². The van der Waals surface area contributed by atoms with Crippen molar-refractivity contribution in [2.75, 3.05) is 13.1 Å². The fourth-order valence-electron chi connectivity index (χ4n) is 11.3. The minimum atomic E-state index is -0.897. The third-order valence-electron chi connectivity index (χ3n) is 13.8. The first-order valence-corrected chi connectivity index (χ1v) is 20.5. The summed E-state index contributed by atoms with van der Waals surface area (Å²) in [6, 6.07) is 0.430. The second-order valence-corrected chi connectivity index (χ2v) is 17.8. The highest BCUT2D eigenvalue weighted by atomic mass is 16.7. The van der Waals surface area contributed by atoms with Crippen molar-refractivity contribution < 1.29 is 39.0 Å². The number of rotatable bonds is 9. The Morgan fingerprint density at radius 3 is 2.70 bits per heavy atom. The molecule has 11 heteroatoms. The maximum absolute atomic E-state index is 14.1. The third kappa shape index (κ3) is 7.59. The Bertz CT molecular complexity index is 1200. The molecule has 15 atom stereocenters. The van der Waals surface area contributed by atoms with E-state index in [2.05, 4.69) is 22.9 Å². The zero-order valence-corrected chi connectivity index (χ0v) is 31.2. The minimum Gasteiger partial charge on any atom is -0.457 e. The predicted molar refractivity (Wildman–Crippen MR) is 188 cm³/mol. The van der Waals surface area contributed by atoms with E-state index >= 15 is 0 Å². The number of esters is 1. The minimum absolute atomic E-state index is 0.00292. The molecule has 7 aliphatic rings. The Hall–Kier alpha value is -1.18. The van der Waals surface area contributed by atoms with E-state index in [1.165, 1.54) is 32.1 Å². The highest BCUT2D eigenvalue weighted by Crippen LogP contribution is 2.53. The molecule has 6 saturated heterocycles. The van der Waals surface area contributed by atoms with Crippen molar-refractivity contribution in [2.24, 2.45) is 35.3 Å². The molecule has 0 radical (unpaired) electrons. The van der Waals surface area contributed by atoms with Gasteiger partial charge >= 0.3 is 5.97 Å². The van der Waals surface area contributed by atoms with Crippen molar-refractivity contribution in [1.82, 2.24) is 10.6 Å². The molecule has 7 rings (SSSR count). The summed E-state index contributed by atoms with van der Waals surface area (Å²) in [6.45, 7) is 10.4. The molecule has 7 fully saturated rings. The van der Waals surface area contributed by atoms with Gasteiger partial charge in [0.2, 0.25) is 0 Å². The van der Waals surface area contributed by atoms with Crippen LogP contribution in [-0.4, -0.2) is 96.1 Å². The van der Waals surface area contributed by atoms with Crippen molar-refractivity contribution in [3.63, 3.8) is 0 Å². The molecule has 1 spiro atoms. The largest absolute Gasteiger partial charge is 0.457 e. The Morgan fingerprint density at radius 1 is 1.04 bits per heavy atom. The summed E-state index contributed by atoms with van der Waals surface area (Å²) in [5.41, 5.74) is 4.97. The normalized spacial score (nSPS) is 47.6. The number of aliphatic hydroxyl groups excluding tert-OH is 1. The maximum Gasteiger partial charge on any atom is 0.341 e. The SMILES string of the molecule is CCCCCNC1CC(C2CC(CC[C@@H]3O[C@@]34CCCC[C@@H]3C5C(CC6OC(C)CC(=O)C6C5O)OC(C)(C)[C@@H]3OC4=O)CC(N)N2)CC[NH2+]1. The van der Waals surface area contributed by atoms with E-state index in [9.17, 15) is 14.7 Å². The van der Waals surface area contributed by atoms with Gasteiger partial charge in [0.05, 0.1) is 49.1 Å². The summed E-state index contributed by atoms with van der Waals surface area (Å²) in [6.07, 6.45) is 12.4. The van der Waals surface area contributed by atoms with Crippen LogP contribution in [0.1, 0.15) is 124 Å². The fourth-order valence-corrected chi connectivity index (χ4v) is 11.3. The van der Waals surface area contributed by atoms with Crippen LogP contribution < -0.4 is 21.7 Å². The number of ketones is 1. The summed E-state index contributed by atoms with van der Waals surface area (Å²) >= 11 is 0. The molecule has 284 valence electrons. The summed E-state index contributed by atoms with van der Waals surface area (Å²) < 4.78 is 25.7. The van der Waals surface area contributed by atoms with Gasteiger partial charge in [0, 0.05) is 50.1 Å². The molecular weight excluding hydrogens is 636 g/mol. The molecule has 0 aromatic carbocycles. The topological polar surface area (TPSA) is 161 Å². The number of Topliss-reactive ketones (excluding diaryl/α,β-unsaturated/α-hetero) is 1. The number of nitrogens with one attached hydrogen (secondary N) is 2. The number of ether oxygens (including phenoxy) is 4. The van der Waals surface area contributed by atoms with Gasteiger partial charge in [-0.15, -0.1) is 0 Å². The Morgan fingerprint density at radius 2 is 1.88 bits per heavy atom. The number of fused-ring (bicyclic) bond motifs is 4. The van der Waals surface area contributed by atoms with E-state index in [-0.39, 0.29) is 54.2 Å². The van der Waals surface area contributed by atoms with Gasteiger partial charge < -0.3 is 35.1 Å². The molecule has 1 saturated carbocycles. The first-order valence-electron chi connectivity index (χ1n) is 20.5. The summed E-state index contributed by atoms with van der Waals surface area (Å²) in [4.78, 5) is 27.3. The zero-order valence-electron chi connectivity index (χ0n) is 31.2. The number of aliphatic hydroxyl groups is 1. The molecule has 6 heterocycles. The number of hydrogen-bond donors (Lipinski definition) is 5. The first kappa shape index (κ1) is 37.1. The van der Waals surface area contributed by atoms with Crippen molar-refractivity contribution >= 4 is 11.8 Å². The van der Waals surface area contributed by atoms with Crippen LogP contribution in [0.2, 0.25) is 0 Å². The lowest BCUT2D eigenvalue weighted by atomic mass is 9.62. The molecule has 7 N–H and O–H groups in total. The van der Waals surface area contributed by atoms with Crippen molar-refractivity contribution in [1.29, 1.82) is 0 Å². The highest BCUT2D eigenvalue weighted by Gasteiger charge is 2.66. The lowest BCUT2D eigenvalue weighted by molar-refractivity contribution is -0.705. The fraction of sp³-hybridized carbons (Fsp3) is 0.949. The summed E-state index contributed by atoms with van der Waals surface area (Å²) in [5.74, 6) is 0.00582. The van der Waals surface area contributed by atoms with E-state index < -0.39 is 29.3 Å². The van der Waals surface area contributed by atoms with Crippen LogP contribution in [0.15, 0.2) is 0 Å². The highest BCUT2D eigenvalue weighted by molar-refractivity contribution is 5.84. The molecule has 11 nitrogen and oxygen atoms in total. The van der Waals surface area contributed by atoms with Crippen LogP contribution in [0.5, 0.6) is 0 Å². The molecule has 1 aliphatic carbocycles. The van der Waals surface area contributed by atoms with Gasteiger partial charge in [-0.25, -0.2) is 4.79 Å². The Balaban J connectivity index is 0.964. The van der Waals surface area contributed by atoms with E-state index in [0.29, 0.717) is 43.3 Å². The van der Waals surface area contributed by atoms with Crippen LogP contribution in [0.4, 0.5) is 0 Å². The quantitative estimate of drug-likeness (QED) is 0.137. The average molecular weight is 704 g/mol. The molecule has 11 unspecified atom stereocenters. The first-order chi connectivity index (χ1) is 24.0. The number of hydrogen-bond acceptors (Lipinski definition) is 10. The second-order valence-electron chi connectivity index (χ2n) is 17.8. The van der Waals surface area contributed by atoms with Gasteiger partial charge in [-0.05, 0) is 84.0 Å². The average Bonchev–Trinajstić information content (AvgIpc) is 3.77. The van der Waals surface area contributed by atoms with E-state index in [0.717, 1.165) is 58.0 Å². The van der Waals surface area contributed by atoms with Gasteiger partial charge in [-0.3, -0.25) is 15.4 Å². The van der Waals surface area contributed by atoms with Gasteiger partial charge in [0.15, 0.2) is 5.60 Å². The maximum atomic E-state index is 14.1. The monoisotopic (exact) mass is 704 g/mol. The number of carbonyl (C=O) groups excluding carboxylic acids is 2. The number of piperidine rings is 2. The molecule has 50 heavy (non-hydrogen) atoms. The lowest BCUT2D eigenvalue weighted by Gasteiger charge is -2.57. The molecule has 0 amide bonds. The van der Waals surface area contributed by atoms with Crippen LogP contribution in [0.3, 0.4) is 0 Å². The molecule has 0 bridgehead atoms.